The highest BCUT2D eigenvalue weighted by Crippen LogP contribution is 2.14. The number of hydrogen-bond donors (Lipinski definition) is 2. The van der Waals surface area contributed by atoms with Crippen molar-refractivity contribution in [3.63, 3.8) is 0 Å². The average Bonchev–Trinajstić information content (AvgIpc) is 2.44. The van der Waals surface area contributed by atoms with Gasteiger partial charge in [-0.05, 0) is 5.56 Å². The first kappa shape index (κ1) is 15.9. The van der Waals surface area contributed by atoms with Gasteiger partial charge in [0.15, 0.2) is 0 Å². The summed E-state index contributed by atoms with van der Waals surface area (Å²) in [6.45, 7) is 0. The van der Waals surface area contributed by atoms with Crippen LogP contribution in [0.2, 0.25) is 0 Å². The summed E-state index contributed by atoms with van der Waals surface area (Å²) in [5, 5.41) is 0. The van der Waals surface area contributed by atoms with E-state index >= 15 is 0 Å². The van der Waals surface area contributed by atoms with E-state index in [1.54, 1.807) is 35.1 Å². The van der Waals surface area contributed by atoms with Crippen molar-refractivity contribution < 1.29 is 27.5 Å². The Bertz CT molecular complexity index is 572. The lowest BCUT2D eigenvalue weighted by Crippen LogP contribution is -2.44. The SMILES string of the molecule is COC(=O)NS(=O)(=O)NC(C(=O)OC)c1ccccc1. The third kappa shape index (κ3) is 4.52. The molecule has 2 N–H and O–H groups in total. The number of ether oxygens (including phenoxy) is 2. The van der Waals surface area contributed by atoms with Crippen LogP contribution in [0.25, 0.3) is 0 Å². The first-order valence-electron chi connectivity index (χ1n) is 5.40. The van der Waals surface area contributed by atoms with Gasteiger partial charge in [0.1, 0.15) is 6.04 Å². The van der Waals surface area contributed by atoms with E-state index in [1.165, 1.54) is 0 Å². The van der Waals surface area contributed by atoms with Crippen molar-refractivity contribution in [2.45, 2.75) is 6.04 Å². The van der Waals surface area contributed by atoms with Gasteiger partial charge in [0, 0.05) is 0 Å². The highest BCUT2D eigenvalue weighted by atomic mass is 32.2. The molecule has 1 amide bonds. The van der Waals surface area contributed by atoms with E-state index in [1.807, 2.05) is 4.72 Å². The second kappa shape index (κ2) is 6.87. The summed E-state index contributed by atoms with van der Waals surface area (Å²) in [7, 11) is -2.13. The summed E-state index contributed by atoms with van der Waals surface area (Å²) < 4.78 is 35.6. The maximum absolute atomic E-state index is 11.7. The summed E-state index contributed by atoms with van der Waals surface area (Å²) in [5.74, 6) is -0.813. The third-order valence-corrected chi connectivity index (χ3v) is 3.23. The van der Waals surface area contributed by atoms with E-state index in [0.717, 1.165) is 14.2 Å². The zero-order valence-corrected chi connectivity index (χ0v) is 11.6. The van der Waals surface area contributed by atoms with Crippen LogP contribution in [-0.4, -0.2) is 34.7 Å². The Kier molecular flexibility index (Phi) is 5.47. The van der Waals surface area contributed by atoms with Gasteiger partial charge in [0.25, 0.3) is 0 Å². The molecule has 9 heteroatoms. The molecule has 1 aromatic rings. The van der Waals surface area contributed by atoms with E-state index in [0.29, 0.717) is 5.56 Å². The molecule has 0 heterocycles. The molecular formula is C11H14N2O6S. The van der Waals surface area contributed by atoms with Crippen LogP contribution in [0.15, 0.2) is 30.3 Å². The molecule has 0 fully saturated rings. The first-order chi connectivity index (χ1) is 9.39. The molecule has 1 unspecified atom stereocenters. The molecule has 0 bridgehead atoms. The van der Waals surface area contributed by atoms with E-state index in [9.17, 15) is 18.0 Å². The lowest BCUT2D eigenvalue weighted by molar-refractivity contribution is -0.142. The summed E-state index contributed by atoms with van der Waals surface area (Å²) in [6, 6.07) is 6.79. The molecule has 0 saturated carbocycles. The zero-order chi connectivity index (χ0) is 15.2. The standard InChI is InChI=1S/C11H14N2O6S/c1-18-10(14)9(8-6-4-3-5-7-8)12-20(16,17)13-11(15)19-2/h3-7,9,12H,1-2H3,(H,13,15). The van der Waals surface area contributed by atoms with Gasteiger partial charge in [-0.2, -0.15) is 13.1 Å². The lowest BCUT2D eigenvalue weighted by atomic mass is 10.1. The topological polar surface area (TPSA) is 111 Å². The molecule has 0 aliphatic heterocycles. The number of nitrogens with one attached hydrogen (secondary N) is 2. The van der Waals surface area contributed by atoms with E-state index in [4.69, 9.17) is 0 Å². The molecule has 110 valence electrons. The van der Waals surface area contributed by atoms with Crippen molar-refractivity contribution in [2.75, 3.05) is 14.2 Å². The molecule has 20 heavy (non-hydrogen) atoms. The van der Waals surface area contributed by atoms with Gasteiger partial charge in [-0.3, -0.25) is 0 Å². The second-order valence-electron chi connectivity index (χ2n) is 3.58. The summed E-state index contributed by atoms with van der Waals surface area (Å²) in [6.07, 6.45) is -1.17. The summed E-state index contributed by atoms with van der Waals surface area (Å²) in [5.41, 5.74) is 0.370. The number of methoxy groups -OCH3 is 2. The average molecular weight is 302 g/mol. The predicted octanol–water partition coefficient (Wildman–Crippen LogP) is 0.0911. The minimum Gasteiger partial charge on any atom is -0.468 e. The van der Waals surface area contributed by atoms with Crippen molar-refractivity contribution in [1.82, 2.24) is 9.44 Å². The molecule has 1 rings (SSSR count). The van der Waals surface area contributed by atoms with Crippen molar-refractivity contribution in [2.24, 2.45) is 0 Å². The van der Waals surface area contributed by atoms with Crippen LogP contribution < -0.4 is 9.44 Å². The van der Waals surface area contributed by atoms with E-state index in [-0.39, 0.29) is 0 Å². The maximum atomic E-state index is 11.7. The van der Waals surface area contributed by atoms with Crippen LogP contribution in [-0.2, 0) is 24.5 Å². The van der Waals surface area contributed by atoms with Crippen LogP contribution in [0.1, 0.15) is 11.6 Å². The Morgan fingerprint density at radius 3 is 2.20 bits per heavy atom. The predicted molar refractivity (Wildman–Crippen MR) is 68.8 cm³/mol. The van der Waals surface area contributed by atoms with Crippen molar-refractivity contribution in [3.8, 4) is 0 Å². The lowest BCUT2D eigenvalue weighted by Gasteiger charge is -2.16. The van der Waals surface area contributed by atoms with Gasteiger partial charge in [0.05, 0.1) is 14.2 Å². The van der Waals surface area contributed by atoms with Gasteiger partial charge >= 0.3 is 22.3 Å². The number of amides is 1. The molecule has 1 atom stereocenters. The second-order valence-corrected chi connectivity index (χ2v) is 5.03. The Hall–Kier alpha value is -2.13. The fraction of sp³-hybridized carbons (Fsp3) is 0.273. The minimum absolute atomic E-state index is 0.370. The Morgan fingerprint density at radius 1 is 1.10 bits per heavy atom. The highest BCUT2D eigenvalue weighted by molar-refractivity contribution is 7.88. The van der Waals surface area contributed by atoms with Gasteiger partial charge in [-0.15, -0.1) is 0 Å². The smallest absolute Gasteiger partial charge is 0.421 e. The van der Waals surface area contributed by atoms with Gasteiger partial charge in [-0.1, -0.05) is 30.3 Å². The van der Waals surface area contributed by atoms with Crippen LogP contribution in [0.5, 0.6) is 0 Å². The van der Waals surface area contributed by atoms with Gasteiger partial charge < -0.3 is 9.47 Å². The van der Waals surface area contributed by atoms with E-state index in [2.05, 4.69) is 9.47 Å². The van der Waals surface area contributed by atoms with Gasteiger partial charge in [0.2, 0.25) is 0 Å². The van der Waals surface area contributed by atoms with E-state index < -0.39 is 28.3 Å². The Morgan fingerprint density at radius 2 is 1.70 bits per heavy atom. The normalized spacial score (nSPS) is 12.3. The Balaban J connectivity index is 2.97. The summed E-state index contributed by atoms with van der Waals surface area (Å²) in [4.78, 5) is 22.6. The van der Waals surface area contributed by atoms with Crippen LogP contribution >= 0.6 is 0 Å². The number of esters is 1. The largest absolute Gasteiger partial charge is 0.468 e. The van der Waals surface area contributed by atoms with Crippen LogP contribution in [0.4, 0.5) is 4.79 Å². The van der Waals surface area contributed by atoms with Crippen LogP contribution in [0.3, 0.4) is 0 Å². The van der Waals surface area contributed by atoms with Gasteiger partial charge in [-0.25, -0.2) is 14.3 Å². The quantitative estimate of drug-likeness (QED) is 0.746. The monoisotopic (exact) mass is 302 g/mol. The summed E-state index contributed by atoms with van der Waals surface area (Å²) >= 11 is 0. The first-order valence-corrected chi connectivity index (χ1v) is 6.88. The molecular weight excluding hydrogens is 288 g/mol. The highest BCUT2D eigenvalue weighted by Gasteiger charge is 2.27. The fourth-order valence-electron chi connectivity index (χ4n) is 1.35. The number of carbonyl (C=O) groups is 2. The molecule has 0 aliphatic carbocycles. The zero-order valence-electron chi connectivity index (χ0n) is 10.8. The molecule has 0 radical (unpaired) electrons. The number of rotatable bonds is 5. The fourth-order valence-corrected chi connectivity index (χ4v) is 2.26. The molecule has 1 aromatic carbocycles. The van der Waals surface area contributed by atoms with Crippen molar-refractivity contribution >= 4 is 22.3 Å². The molecule has 0 saturated heterocycles. The molecule has 8 nitrogen and oxygen atoms in total. The van der Waals surface area contributed by atoms with Crippen LogP contribution in [0, 0.1) is 0 Å². The molecule has 0 aromatic heterocycles. The Labute approximate surface area is 116 Å². The third-order valence-electron chi connectivity index (χ3n) is 2.25. The maximum Gasteiger partial charge on any atom is 0.421 e. The minimum atomic E-state index is -4.27. The molecule has 0 aliphatic rings. The van der Waals surface area contributed by atoms with Crippen molar-refractivity contribution in [3.05, 3.63) is 35.9 Å². The number of carbonyl (C=O) groups excluding carboxylic acids is 2. The molecule has 0 spiro atoms. The number of benzene rings is 1. The number of hydrogen-bond acceptors (Lipinski definition) is 6. The van der Waals surface area contributed by atoms with Crippen molar-refractivity contribution in [1.29, 1.82) is 0 Å².